The molecule has 1 aromatic heterocycles. The Balaban J connectivity index is 1.62. The van der Waals surface area contributed by atoms with Gasteiger partial charge in [0.2, 0.25) is 0 Å². The summed E-state index contributed by atoms with van der Waals surface area (Å²) in [5.41, 5.74) is 2.95. The first-order valence-corrected chi connectivity index (χ1v) is 10.6. The van der Waals surface area contributed by atoms with E-state index in [0.29, 0.717) is 29.0 Å². The predicted octanol–water partition coefficient (Wildman–Crippen LogP) is 6.39. The Kier molecular flexibility index (Phi) is 6.21. The number of nitrogens with zero attached hydrogens (tertiary/aromatic N) is 1. The second-order valence-corrected chi connectivity index (χ2v) is 8.23. The number of carboxylic acid groups (broad SMARTS) is 1. The minimum atomic E-state index is -1.07. The molecule has 0 bridgehead atoms. The summed E-state index contributed by atoms with van der Waals surface area (Å²) in [5, 5.41) is 10.00. The zero-order valence-electron chi connectivity index (χ0n) is 15.6. The van der Waals surface area contributed by atoms with Gasteiger partial charge < -0.3 is 14.3 Å². The fraction of sp³-hybridized carbons (Fsp3) is 0.0435. The zero-order chi connectivity index (χ0) is 20.9. The standard InChI is InChI=1S/C23H16BrNO4S/c24-17-10-11-19(28-14-15-6-2-1-3-7-15)16(12-17)13-21(22(26)27)30-23-25-18-8-4-5-9-20(18)29-23/h1-13H,14H2,(H,26,27)/b21-13-. The first-order valence-electron chi connectivity index (χ1n) is 9.03. The first kappa shape index (κ1) is 20.3. The number of halogens is 1. The molecule has 0 atom stereocenters. The molecule has 4 rings (SSSR count). The van der Waals surface area contributed by atoms with Crippen LogP contribution >= 0.6 is 27.7 Å². The lowest BCUT2D eigenvalue weighted by atomic mass is 10.2. The Bertz CT molecular complexity index is 1190. The van der Waals surface area contributed by atoms with Gasteiger partial charge in [-0.3, -0.25) is 0 Å². The van der Waals surface area contributed by atoms with E-state index in [1.165, 1.54) is 0 Å². The number of thioether (sulfide) groups is 1. The molecule has 0 spiro atoms. The maximum absolute atomic E-state index is 11.9. The van der Waals surface area contributed by atoms with Gasteiger partial charge in [-0.15, -0.1) is 0 Å². The van der Waals surface area contributed by atoms with Gasteiger partial charge in [-0.1, -0.05) is 58.4 Å². The molecule has 5 nitrogen and oxygen atoms in total. The summed E-state index contributed by atoms with van der Waals surface area (Å²) >= 11 is 4.40. The third-order valence-electron chi connectivity index (χ3n) is 4.18. The van der Waals surface area contributed by atoms with E-state index in [1.807, 2.05) is 66.7 Å². The second kappa shape index (κ2) is 9.19. The highest BCUT2D eigenvalue weighted by Gasteiger charge is 2.16. The lowest BCUT2D eigenvalue weighted by molar-refractivity contribution is -0.131. The fourth-order valence-corrected chi connectivity index (χ4v) is 3.88. The highest BCUT2D eigenvalue weighted by molar-refractivity contribution is 9.10. The highest BCUT2D eigenvalue weighted by atomic mass is 79.9. The summed E-state index contributed by atoms with van der Waals surface area (Å²) in [6, 6.07) is 22.6. The number of oxazole rings is 1. The van der Waals surface area contributed by atoms with Crippen LogP contribution in [-0.2, 0) is 11.4 Å². The van der Waals surface area contributed by atoms with E-state index in [9.17, 15) is 9.90 Å². The monoisotopic (exact) mass is 481 g/mol. The van der Waals surface area contributed by atoms with Crippen molar-refractivity contribution in [3.8, 4) is 5.75 Å². The Hall–Kier alpha value is -3.03. The summed E-state index contributed by atoms with van der Waals surface area (Å²) in [6.07, 6.45) is 1.56. The molecule has 0 saturated carbocycles. The Labute approximate surface area is 185 Å². The maximum atomic E-state index is 11.9. The molecule has 0 saturated heterocycles. The number of carboxylic acids is 1. The van der Waals surface area contributed by atoms with E-state index in [-0.39, 0.29) is 10.1 Å². The van der Waals surface area contributed by atoms with Gasteiger partial charge in [0, 0.05) is 10.0 Å². The number of aliphatic carboxylic acids is 1. The molecule has 0 radical (unpaired) electrons. The number of hydrogen-bond acceptors (Lipinski definition) is 5. The van der Waals surface area contributed by atoms with Gasteiger partial charge in [-0.2, -0.15) is 0 Å². The topological polar surface area (TPSA) is 72.6 Å². The number of carbonyl (C=O) groups is 1. The molecule has 1 N–H and O–H groups in total. The molecule has 3 aromatic carbocycles. The largest absolute Gasteiger partial charge is 0.488 e. The maximum Gasteiger partial charge on any atom is 0.342 e. The van der Waals surface area contributed by atoms with Crippen LogP contribution in [0.5, 0.6) is 5.75 Å². The smallest absolute Gasteiger partial charge is 0.342 e. The molecule has 0 aliphatic heterocycles. The Morgan fingerprint density at radius 1 is 1.10 bits per heavy atom. The molecular formula is C23H16BrNO4S. The average Bonchev–Trinajstić information content (AvgIpc) is 3.16. The van der Waals surface area contributed by atoms with Crippen LogP contribution < -0.4 is 4.74 Å². The van der Waals surface area contributed by atoms with E-state index in [0.717, 1.165) is 21.8 Å². The van der Waals surface area contributed by atoms with Crippen LogP contribution in [0.4, 0.5) is 0 Å². The number of aromatic nitrogens is 1. The van der Waals surface area contributed by atoms with Crippen molar-refractivity contribution in [3.05, 3.63) is 93.3 Å². The summed E-state index contributed by atoms with van der Waals surface area (Å²) in [5.74, 6) is -0.491. The van der Waals surface area contributed by atoms with E-state index in [2.05, 4.69) is 20.9 Å². The Morgan fingerprint density at radius 2 is 1.87 bits per heavy atom. The Morgan fingerprint density at radius 3 is 2.63 bits per heavy atom. The summed E-state index contributed by atoms with van der Waals surface area (Å²) in [7, 11) is 0. The minimum absolute atomic E-state index is 0.0733. The molecule has 4 aromatic rings. The number of ether oxygens (including phenoxy) is 1. The zero-order valence-corrected chi connectivity index (χ0v) is 18.0. The second-order valence-electron chi connectivity index (χ2n) is 6.32. The summed E-state index contributed by atoms with van der Waals surface area (Å²) in [4.78, 5) is 16.3. The average molecular weight is 482 g/mol. The molecule has 150 valence electrons. The van der Waals surface area contributed by atoms with Gasteiger partial charge in [0.15, 0.2) is 5.58 Å². The van der Waals surface area contributed by atoms with Crippen molar-refractivity contribution in [1.29, 1.82) is 0 Å². The van der Waals surface area contributed by atoms with Crippen molar-refractivity contribution in [3.63, 3.8) is 0 Å². The molecular weight excluding hydrogens is 466 g/mol. The first-order chi connectivity index (χ1) is 14.6. The number of hydrogen-bond donors (Lipinski definition) is 1. The predicted molar refractivity (Wildman–Crippen MR) is 120 cm³/mol. The van der Waals surface area contributed by atoms with Crippen LogP contribution in [0, 0.1) is 0 Å². The third kappa shape index (κ3) is 4.93. The number of benzene rings is 3. The van der Waals surface area contributed by atoms with Crippen molar-refractivity contribution in [1.82, 2.24) is 4.98 Å². The molecule has 0 amide bonds. The van der Waals surface area contributed by atoms with E-state index in [4.69, 9.17) is 9.15 Å². The van der Waals surface area contributed by atoms with Crippen LogP contribution in [0.1, 0.15) is 11.1 Å². The molecule has 1 heterocycles. The van der Waals surface area contributed by atoms with Crippen LogP contribution in [0.25, 0.3) is 17.2 Å². The van der Waals surface area contributed by atoms with Crippen molar-refractivity contribution in [2.45, 2.75) is 11.8 Å². The van der Waals surface area contributed by atoms with Crippen LogP contribution in [-0.4, -0.2) is 16.1 Å². The van der Waals surface area contributed by atoms with Gasteiger partial charge in [-0.25, -0.2) is 9.78 Å². The van der Waals surface area contributed by atoms with Crippen molar-refractivity contribution < 1.29 is 19.1 Å². The van der Waals surface area contributed by atoms with Crippen molar-refractivity contribution in [2.75, 3.05) is 0 Å². The van der Waals surface area contributed by atoms with Crippen LogP contribution in [0.3, 0.4) is 0 Å². The molecule has 0 fully saturated rings. The SMILES string of the molecule is O=C(O)/C(=C/c1cc(Br)ccc1OCc1ccccc1)Sc1nc2ccccc2o1. The van der Waals surface area contributed by atoms with Gasteiger partial charge in [0.05, 0.1) is 0 Å². The van der Waals surface area contributed by atoms with Crippen molar-refractivity contribution >= 4 is 50.8 Å². The minimum Gasteiger partial charge on any atom is -0.488 e. The molecule has 0 aliphatic rings. The van der Waals surface area contributed by atoms with Gasteiger partial charge in [-0.05, 0) is 53.7 Å². The highest BCUT2D eigenvalue weighted by Crippen LogP contribution is 2.33. The number of para-hydroxylation sites is 2. The fourth-order valence-electron chi connectivity index (χ4n) is 2.76. The summed E-state index contributed by atoms with van der Waals surface area (Å²) in [6.45, 7) is 0.379. The third-order valence-corrected chi connectivity index (χ3v) is 5.53. The molecule has 0 unspecified atom stereocenters. The number of fused-ring (bicyclic) bond motifs is 1. The summed E-state index contributed by atoms with van der Waals surface area (Å²) < 4.78 is 12.4. The van der Waals surface area contributed by atoms with Gasteiger partial charge in [0.25, 0.3) is 5.22 Å². The van der Waals surface area contributed by atoms with Gasteiger partial charge >= 0.3 is 5.97 Å². The quantitative estimate of drug-likeness (QED) is 0.243. The molecule has 30 heavy (non-hydrogen) atoms. The van der Waals surface area contributed by atoms with Crippen LogP contribution in [0.15, 0.2) is 91.8 Å². The van der Waals surface area contributed by atoms with E-state index in [1.54, 1.807) is 12.1 Å². The van der Waals surface area contributed by atoms with Crippen molar-refractivity contribution in [2.24, 2.45) is 0 Å². The van der Waals surface area contributed by atoms with Gasteiger partial charge in [0.1, 0.15) is 22.8 Å². The van der Waals surface area contributed by atoms with E-state index >= 15 is 0 Å². The molecule has 7 heteroatoms. The van der Waals surface area contributed by atoms with Crippen LogP contribution in [0.2, 0.25) is 0 Å². The molecule has 0 aliphatic carbocycles. The normalized spacial score (nSPS) is 11.6. The lowest BCUT2D eigenvalue weighted by Crippen LogP contribution is -1.99. The number of rotatable bonds is 7. The lowest BCUT2D eigenvalue weighted by Gasteiger charge is -2.11. The van der Waals surface area contributed by atoms with E-state index < -0.39 is 5.97 Å².